The van der Waals surface area contributed by atoms with Gasteiger partial charge in [0.15, 0.2) is 17.0 Å². The first-order valence-corrected chi connectivity index (χ1v) is 13.6. The van der Waals surface area contributed by atoms with Crippen molar-refractivity contribution in [2.24, 2.45) is 0 Å². The molecular formula is C30H27N5O6. The Kier molecular flexibility index (Phi) is 5.45. The van der Waals surface area contributed by atoms with Crippen LogP contribution in [0.25, 0.3) is 43.5 Å². The summed E-state index contributed by atoms with van der Waals surface area (Å²) in [7, 11) is 0. The highest BCUT2D eigenvalue weighted by molar-refractivity contribution is 6.24. The fourth-order valence-electron chi connectivity index (χ4n) is 6.71. The lowest BCUT2D eigenvalue weighted by molar-refractivity contribution is -0.0766. The second kappa shape index (κ2) is 9.02. The Morgan fingerprint density at radius 1 is 0.902 bits per heavy atom. The third-order valence-corrected chi connectivity index (χ3v) is 8.71. The first-order chi connectivity index (χ1) is 19.9. The number of aliphatic hydroxyl groups excluding tert-OH is 5. The maximum absolute atomic E-state index is 11.3. The highest BCUT2D eigenvalue weighted by atomic mass is 16.5. The SMILES string of the molecule is OC[C@H]1O[C@@H](n2cnc3c(N[C@@H]4c5c(cc6ccc7cccc8ccc5c6c78)[C@H](O)[C@@H](O)[C@H]4O)ncnc32)C[C@@H]1O. The molecule has 1 aliphatic heterocycles. The van der Waals surface area contributed by atoms with Gasteiger partial charge in [-0.05, 0) is 49.5 Å². The standard InChI is InChI=1S/C30H27N5O6/c36-10-19-18(37)9-20(41-19)35-12-33-25-29(31-11-32-30(25)35)34-24-23-16-7-6-14-3-1-2-13-4-5-15(22(16)21(13)14)8-17(23)26(38)28(40)27(24)39/h1-8,11-12,18-20,24,26-28,36-40H,9-10H2,(H,31,32,34)/t18-,19+,20+,24+,26-,27-,28+/m0/s1. The average molecular weight is 554 g/mol. The first kappa shape index (κ1) is 24.8. The molecule has 0 spiro atoms. The summed E-state index contributed by atoms with van der Waals surface area (Å²) in [6.45, 7) is -0.304. The van der Waals surface area contributed by atoms with E-state index in [9.17, 15) is 25.5 Å². The zero-order valence-corrected chi connectivity index (χ0v) is 21.7. The van der Waals surface area contributed by atoms with Crippen LogP contribution in [0.3, 0.4) is 0 Å². The van der Waals surface area contributed by atoms with E-state index in [1.165, 1.54) is 6.33 Å². The molecule has 1 saturated heterocycles. The highest BCUT2D eigenvalue weighted by Gasteiger charge is 2.43. The van der Waals surface area contributed by atoms with Crippen molar-refractivity contribution in [2.75, 3.05) is 11.9 Å². The fraction of sp³-hybridized carbons (Fsp3) is 0.300. The molecule has 7 atom stereocenters. The van der Waals surface area contributed by atoms with Gasteiger partial charge in [0.25, 0.3) is 0 Å². The van der Waals surface area contributed by atoms with Crippen LogP contribution >= 0.6 is 0 Å². The van der Waals surface area contributed by atoms with Gasteiger partial charge in [-0.2, -0.15) is 0 Å². The molecule has 1 fully saturated rings. The van der Waals surface area contributed by atoms with Crippen LogP contribution in [-0.4, -0.2) is 76.1 Å². The van der Waals surface area contributed by atoms with Crippen molar-refractivity contribution in [3.8, 4) is 0 Å². The Labute approximate surface area is 232 Å². The summed E-state index contributed by atoms with van der Waals surface area (Å²) >= 11 is 0. The predicted octanol–water partition coefficient (Wildman–Crippen LogP) is 2.29. The molecule has 0 radical (unpaired) electrons. The summed E-state index contributed by atoms with van der Waals surface area (Å²) in [5, 5.41) is 62.5. The topological polar surface area (TPSA) is 166 Å². The van der Waals surface area contributed by atoms with Gasteiger partial charge in [-0.25, -0.2) is 15.0 Å². The van der Waals surface area contributed by atoms with E-state index in [1.54, 1.807) is 10.9 Å². The van der Waals surface area contributed by atoms with Gasteiger partial charge >= 0.3 is 0 Å². The molecule has 11 heteroatoms. The van der Waals surface area contributed by atoms with E-state index in [2.05, 4.69) is 38.5 Å². The fourth-order valence-corrected chi connectivity index (χ4v) is 6.71. The summed E-state index contributed by atoms with van der Waals surface area (Å²) in [5.74, 6) is 0.329. The molecule has 6 aromatic rings. The number of fused-ring (bicyclic) bond motifs is 3. The summed E-state index contributed by atoms with van der Waals surface area (Å²) in [4.78, 5) is 13.3. The number of hydrogen-bond donors (Lipinski definition) is 6. The van der Waals surface area contributed by atoms with Gasteiger partial charge in [-0.3, -0.25) is 4.57 Å². The molecule has 2 aromatic heterocycles. The lowest BCUT2D eigenvalue weighted by Gasteiger charge is -2.39. The quantitative estimate of drug-likeness (QED) is 0.178. The molecule has 0 unspecified atom stereocenters. The Bertz CT molecular complexity index is 1930. The number of rotatable bonds is 4. The van der Waals surface area contributed by atoms with Crippen LogP contribution in [-0.2, 0) is 4.74 Å². The molecule has 4 aromatic carbocycles. The molecule has 208 valence electrons. The van der Waals surface area contributed by atoms with Gasteiger partial charge in [0, 0.05) is 6.42 Å². The van der Waals surface area contributed by atoms with E-state index < -0.39 is 42.8 Å². The Balaban J connectivity index is 1.28. The molecule has 2 aliphatic rings. The van der Waals surface area contributed by atoms with E-state index in [0.29, 0.717) is 28.1 Å². The van der Waals surface area contributed by atoms with E-state index >= 15 is 0 Å². The van der Waals surface area contributed by atoms with Crippen molar-refractivity contribution >= 4 is 49.3 Å². The third kappa shape index (κ3) is 3.51. The molecule has 6 N–H and O–H groups in total. The second-order valence-electron chi connectivity index (χ2n) is 10.9. The Morgan fingerprint density at radius 3 is 2.46 bits per heavy atom. The number of imidazole rings is 1. The second-order valence-corrected chi connectivity index (χ2v) is 10.9. The monoisotopic (exact) mass is 553 g/mol. The van der Waals surface area contributed by atoms with Crippen molar-refractivity contribution < 1.29 is 30.3 Å². The summed E-state index contributed by atoms with van der Waals surface area (Å²) in [6.07, 6.45) is -3.00. The molecule has 41 heavy (non-hydrogen) atoms. The van der Waals surface area contributed by atoms with E-state index in [0.717, 1.165) is 32.3 Å². The number of nitrogens with one attached hydrogen (secondary N) is 1. The number of anilines is 1. The molecule has 1 aliphatic carbocycles. The molecule has 11 nitrogen and oxygen atoms in total. The van der Waals surface area contributed by atoms with Crippen LogP contribution in [0.15, 0.2) is 61.2 Å². The Hall–Kier alpha value is -3.97. The molecule has 0 saturated carbocycles. The lowest BCUT2D eigenvalue weighted by atomic mass is 9.77. The van der Waals surface area contributed by atoms with Gasteiger partial charge < -0.3 is 35.6 Å². The van der Waals surface area contributed by atoms with Gasteiger partial charge in [-0.1, -0.05) is 42.5 Å². The molecular weight excluding hydrogens is 526 g/mol. The van der Waals surface area contributed by atoms with Gasteiger partial charge in [-0.15, -0.1) is 0 Å². The average Bonchev–Trinajstić information content (AvgIpc) is 3.60. The number of benzene rings is 4. The van der Waals surface area contributed by atoms with E-state index in [-0.39, 0.29) is 13.0 Å². The lowest BCUT2D eigenvalue weighted by Crippen LogP contribution is -2.44. The van der Waals surface area contributed by atoms with Gasteiger partial charge in [0.2, 0.25) is 0 Å². The van der Waals surface area contributed by atoms with Crippen molar-refractivity contribution in [3.63, 3.8) is 0 Å². The van der Waals surface area contributed by atoms with Gasteiger partial charge in [0.05, 0.1) is 25.1 Å². The van der Waals surface area contributed by atoms with E-state index in [4.69, 9.17) is 4.74 Å². The van der Waals surface area contributed by atoms with Crippen LogP contribution in [0.5, 0.6) is 0 Å². The number of hydrogen-bond acceptors (Lipinski definition) is 10. The van der Waals surface area contributed by atoms with Crippen molar-refractivity contribution in [1.29, 1.82) is 0 Å². The predicted molar refractivity (Wildman–Crippen MR) is 150 cm³/mol. The summed E-state index contributed by atoms with van der Waals surface area (Å²) in [6, 6.07) is 15.3. The first-order valence-electron chi connectivity index (χ1n) is 13.6. The van der Waals surface area contributed by atoms with Crippen LogP contribution in [0.1, 0.15) is 35.9 Å². The minimum atomic E-state index is -1.44. The maximum atomic E-state index is 11.3. The summed E-state index contributed by atoms with van der Waals surface area (Å²) in [5.41, 5.74) is 2.07. The van der Waals surface area contributed by atoms with Crippen LogP contribution in [0, 0.1) is 0 Å². The molecule has 3 heterocycles. The number of ether oxygens (including phenoxy) is 1. The third-order valence-electron chi connectivity index (χ3n) is 8.71. The maximum Gasteiger partial charge on any atom is 0.167 e. The normalized spacial score (nSPS) is 28.3. The van der Waals surface area contributed by atoms with Crippen LogP contribution < -0.4 is 5.32 Å². The minimum Gasteiger partial charge on any atom is -0.394 e. The highest BCUT2D eigenvalue weighted by Crippen LogP contribution is 2.46. The van der Waals surface area contributed by atoms with Crippen LogP contribution in [0.4, 0.5) is 5.82 Å². The van der Waals surface area contributed by atoms with Crippen molar-refractivity contribution in [1.82, 2.24) is 19.5 Å². The molecule has 0 bridgehead atoms. The van der Waals surface area contributed by atoms with E-state index in [1.807, 2.05) is 30.3 Å². The number of nitrogens with zero attached hydrogens (tertiary/aromatic N) is 4. The number of aliphatic hydroxyl groups is 5. The largest absolute Gasteiger partial charge is 0.394 e. The Morgan fingerprint density at radius 2 is 1.68 bits per heavy atom. The van der Waals surface area contributed by atoms with Crippen molar-refractivity contribution in [2.45, 2.75) is 49.2 Å². The molecule has 8 rings (SSSR count). The van der Waals surface area contributed by atoms with Crippen LogP contribution in [0.2, 0.25) is 0 Å². The van der Waals surface area contributed by atoms with Gasteiger partial charge in [0.1, 0.15) is 37.0 Å². The zero-order valence-electron chi connectivity index (χ0n) is 21.7. The number of aromatic nitrogens is 4. The zero-order chi connectivity index (χ0) is 28.0. The van der Waals surface area contributed by atoms with Crippen molar-refractivity contribution in [3.05, 3.63) is 72.3 Å². The summed E-state index contributed by atoms with van der Waals surface area (Å²) < 4.78 is 7.48. The molecule has 0 amide bonds. The minimum absolute atomic E-state index is 0.265. The smallest absolute Gasteiger partial charge is 0.167 e.